The molecular formula is C25H35N3O5S. The monoisotopic (exact) mass is 489 g/mol. The number of carbonyl (C=O) groups excluding carboxylic acids is 1. The molecule has 0 atom stereocenters. The summed E-state index contributed by atoms with van der Waals surface area (Å²) in [6.07, 6.45) is 1.62. The highest BCUT2D eigenvalue weighted by Crippen LogP contribution is 2.31. The first-order valence-electron chi connectivity index (χ1n) is 11.7. The number of methoxy groups -OCH3 is 1. The van der Waals surface area contributed by atoms with Gasteiger partial charge < -0.3 is 14.8 Å². The Hall–Kier alpha value is -2.62. The molecule has 1 aliphatic heterocycles. The molecule has 0 radical (unpaired) electrons. The van der Waals surface area contributed by atoms with Gasteiger partial charge in [-0.1, -0.05) is 25.1 Å². The van der Waals surface area contributed by atoms with Gasteiger partial charge in [0.05, 0.1) is 26.0 Å². The summed E-state index contributed by atoms with van der Waals surface area (Å²) in [7, 11) is -2.62. The molecular weight excluding hydrogens is 454 g/mol. The Morgan fingerprint density at radius 2 is 1.85 bits per heavy atom. The highest BCUT2D eigenvalue weighted by molar-refractivity contribution is 7.93. The number of carbonyl (C=O) groups is 1. The minimum absolute atomic E-state index is 0.0367. The van der Waals surface area contributed by atoms with Crippen LogP contribution < -0.4 is 14.4 Å². The van der Waals surface area contributed by atoms with Crippen LogP contribution in [0, 0.1) is 6.92 Å². The Bertz CT molecular complexity index is 1050. The maximum atomic E-state index is 13.7. The van der Waals surface area contributed by atoms with Crippen molar-refractivity contribution in [3.63, 3.8) is 0 Å². The number of hydrogen-bond donors (Lipinski definition) is 1. The van der Waals surface area contributed by atoms with E-state index in [9.17, 15) is 13.2 Å². The van der Waals surface area contributed by atoms with Gasteiger partial charge in [0.15, 0.2) is 0 Å². The van der Waals surface area contributed by atoms with Crippen molar-refractivity contribution in [1.82, 2.24) is 10.2 Å². The summed E-state index contributed by atoms with van der Waals surface area (Å²) in [5, 5.41) is 2.87. The molecule has 0 bridgehead atoms. The number of nitrogens with zero attached hydrogens (tertiary/aromatic N) is 2. The van der Waals surface area contributed by atoms with E-state index in [1.165, 1.54) is 7.11 Å². The standard InChI is InChI=1S/C25H35N3O5S/c1-4-21-7-9-22(10-8-21)28(34(30,31)24-18-20(2)6-11-23(24)32-3)19-25(29)26-12-5-13-27-14-16-33-17-15-27/h6-11,18H,4-5,12-17,19H2,1-3H3,(H,26,29). The fraction of sp³-hybridized carbons (Fsp3) is 0.480. The second-order valence-electron chi connectivity index (χ2n) is 8.34. The van der Waals surface area contributed by atoms with Crippen LogP contribution in [0.2, 0.25) is 0 Å². The number of ether oxygens (including phenoxy) is 2. The first-order chi connectivity index (χ1) is 16.3. The number of aryl methyl sites for hydroxylation is 2. The molecule has 0 unspecified atom stereocenters. The second-order valence-corrected chi connectivity index (χ2v) is 10.2. The predicted octanol–water partition coefficient (Wildman–Crippen LogP) is 2.60. The van der Waals surface area contributed by atoms with Crippen LogP contribution in [-0.2, 0) is 26.0 Å². The number of nitrogens with one attached hydrogen (secondary N) is 1. The van der Waals surface area contributed by atoms with Gasteiger partial charge in [-0.3, -0.25) is 14.0 Å². The third-order valence-corrected chi connectivity index (χ3v) is 7.68. The number of amides is 1. The molecule has 0 spiro atoms. The van der Waals surface area contributed by atoms with Gasteiger partial charge in [-0.2, -0.15) is 0 Å². The summed E-state index contributed by atoms with van der Waals surface area (Å²) in [6.45, 7) is 8.14. The summed E-state index contributed by atoms with van der Waals surface area (Å²) in [6, 6.07) is 12.2. The first kappa shape index (κ1) is 26.0. The molecule has 34 heavy (non-hydrogen) atoms. The zero-order valence-corrected chi connectivity index (χ0v) is 21.1. The zero-order chi connectivity index (χ0) is 24.6. The largest absolute Gasteiger partial charge is 0.495 e. The average molecular weight is 490 g/mol. The predicted molar refractivity (Wildman–Crippen MR) is 133 cm³/mol. The SMILES string of the molecule is CCc1ccc(N(CC(=O)NCCCN2CCOCC2)S(=O)(=O)c2cc(C)ccc2OC)cc1. The van der Waals surface area contributed by atoms with E-state index in [4.69, 9.17) is 9.47 Å². The molecule has 1 fully saturated rings. The topological polar surface area (TPSA) is 88.2 Å². The maximum absolute atomic E-state index is 13.7. The molecule has 1 aliphatic rings. The van der Waals surface area contributed by atoms with Gasteiger partial charge in [0, 0.05) is 19.6 Å². The normalized spacial score (nSPS) is 14.6. The number of benzene rings is 2. The van der Waals surface area contributed by atoms with E-state index in [0.717, 1.165) is 61.1 Å². The summed E-state index contributed by atoms with van der Waals surface area (Å²) in [5.74, 6) is -0.108. The lowest BCUT2D eigenvalue weighted by molar-refractivity contribution is -0.119. The Kier molecular flexibility index (Phi) is 9.32. The Morgan fingerprint density at radius 3 is 2.50 bits per heavy atom. The van der Waals surface area contributed by atoms with Gasteiger partial charge in [0.2, 0.25) is 5.91 Å². The van der Waals surface area contributed by atoms with Crippen molar-refractivity contribution < 1.29 is 22.7 Å². The third kappa shape index (κ3) is 6.71. The number of rotatable bonds is 11. The van der Waals surface area contributed by atoms with Gasteiger partial charge in [0.1, 0.15) is 17.2 Å². The van der Waals surface area contributed by atoms with Crippen LogP contribution in [0.3, 0.4) is 0 Å². The summed E-state index contributed by atoms with van der Waals surface area (Å²) in [4.78, 5) is 15.2. The molecule has 2 aromatic carbocycles. The quantitative estimate of drug-likeness (QED) is 0.488. The van der Waals surface area contributed by atoms with Gasteiger partial charge in [0.25, 0.3) is 10.0 Å². The molecule has 1 N–H and O–H groups in total. The van der Waals surface area contributed by atoms with Gasteiger partial charge in [-0.25, -0.2) is 8.42 Å². The van der Waals surface area contributed by atoms with E-state index in [1.54, 1.807) is 30.3 Å². The highest BCUT2D eigenvalue weighted by atomic mass is 32.2. The van der Waals surface area contributed by atoms with Crippen molar-refractivity contribution in [2.75, 3.05) is 57.4 Å². The lowest BCUT2D eigenvalue weighted by atomic mass is 10.1. The number of hydrogen-bond acceptors (Lipinski definition) is 6. The van der Waals surface area contributed by atoms with E-state index in [2.05, 4.69) is 10.2 Å². The fourth-order valence-corrected chi connectivity index (χ4v) is 5.52. The van der Waals surface area contributed by atoms with Crippen molar-refractivity contribution in [1.29, 1.82) is 0 Å². The van der Waals surface area contributed by atoms with Gasteiger partial charge in [-0.05, 0) is 61.7 Å². The summed E-state index contributed by atoms with van der Waals surface area (Å²) in [5.41, 5.74) is 2.30. The molecule has 0 aliphatic carbocycles. The van der Waals surface area contributed by atoms with Crippen LogP contribution in [0.25, 0.3) is 0 Å². The molecule has 3 rings (SSSR count). The summed E-state index contributed by atoms with van der Waals surface area (Å²) >= 11 is 0. The van der Waals surface area contributed by atoms with Crippen LogP contribution in [0.15, 0.2) is 47.4 Å². The highest BCUT2D eigenvalue weighted by Gasteiger charge is 2.30. The molecule has 0 saturated carbocycles. The zero-order valence-electron chi connectivity index (χ0n) is 20.2. The second kappa shape index (κ2) is 12.2. The third-order valence-electron chi connectivity index (χ3n) is 5.88. The molecule has 2 aromatic rings. The number of sulfonamides is 1. The first-order valence-corrected chi connectivity index (χ1v) is 13.1. The smallest absolute Gasteiger partial charge is 0.268 e. The van der Waals surface area contributed by atoms with Crippen LogP contribution in [0.5, 0.6) is 5.75 Å². The van der Waals surface area contributed by atoms with Crippen LogP contribution in [0.4, 0.5) is 5.69 Å². The minimum Gasteiger partial charge on any atom is -0.495 e. The molecule has 9 heteroatoms. The van der Waals surface area contributed by atoms with Gasteiger partial charge in [-0.15, -0.1) is 0 Å². The van der Waals surface area contributed by atoms with E-state index < -0.39 is 10.0 Å². The van der Waals surface area contributed by atoms with Crippen LogP contribution in [-0.4, -0.2) is 72.3 Å². The van der Waals surface area contributed by atoms with Crippen molar-refractivity contribution in [3.05, 3.63) is 53.6 Å². The fourth-order valence-electron chi connectivity index (χ4n) is 3.86. The number of anilines is 1. The molecule has 1 heterocycles. The van der Waals surface area contributed by atoms with Crippen molar-refractivity contribution in [2.24, 2.45) is 0 Å². The Labute approximate surface area is 202 Å². The number of morpholine rings is 1. The Balaban J connectivity index is 1.77. The molecule has 8 nitrogen and oxygen atoms in total. The van der Waals surface area contributed by atoms with Crippen molar-refractivity contribution in [3.8, 4) is 5.75 Å². The molecule has 186 valence electrons. The lowest BCUT2D eigenvalue weighted by Crippen LogP contribution is -2.42. The summed E-state index contributed by atoms with van der Waals surface area (Å²) < 4.78 is 39.3. The van der Waals surface area contributed by atoms with E-state index in [-0.39, 0.29) is 23.1 Å². The van der Waals surface area contributed by atoms with Crippen LogP contribution >= 0.6 is 0 Å². The minimum atomic E-state index is -4.06. The van der Waals surface area contributed by atoms with E-state index in [1.807, 2.05) is 26.0 Å². The average Bonchev–Trinajstić information content (AvgIpc) is 2.86. The van der Waals surface area contributed by atoms with E-state index >= 15 is 0 Å². The molecule has 0 aromatic heterocycles. The van der Waals surface area contributed by atoms with Gasteiger partial charge >= 0.3 is 0 Å². The molecule has 1 amide bonds. The maximum Gasteiger partial charge on any atom is 0.268 e. The Morgan fingerprint density at radius 1 is 1.15 bits per heavy atom. The lowest BCUT2D eigenvalue weighted by Gasteiger charge is -2.27. The van der Waals surface area contributed by atoms with E-state index in [0.29, 0.717) is 12.2 Å². The van der Waals surface area contributed by atoms with Crippen molar-refractivity contribution in [2.45, 2.75) is 31.6 Å². The van der Waals surface area contributed by atoms with Crippen LogP contribution in [0.1, 0.15) is 24.5 Å². The van der Waals surface area contributed by atoms with Crippen molar-refractivity contribution >= 4 is 21.6 Å². The molecule has 1 saturated heterocycles.